The average molecular weight is 429 g/mol. The zero-order valence-electron chi connectivity index (χ0n) is 18.3. The fraction of sp³-hybridized carbons (Fsp3) is 0.308. The summed E-state index contributed by atoms with van der Waals surface area (Å²) in [5.41, 5.74) is 3.12. The van der Waals surface area contributed by atoms with Gasteiger partial charge in [-0.15, -0.1) is 0 Å². The maximum absolute atomic E-state index is 13.0. The Morgan fingerprint density at radius 3 is 2.38 bits per heavy atom. The average Bonchev–Trinajstić information content (AvgIpc) is 2.84. The molecule has 4 rings (SSSR count). The zero-order chi connectivity index (χ0) is 22.3. The van der Waals surface area contributed by atoms with Gasteiger partial charge in [-0.3, -0.25) is 9.59 Å². The first-order valence-corrected chi connectivity index (χ1v) is 11.1. The van der Waals surface area contributed by atoms with E-state index in [-0.39, 0.29) is 17.9 Å². The third-order valence-corrected chi connectivity index (χ3v) is 5.86. The van der Waals surface area contributed by atoms with Gasteiger partial charge in [0.25, 0.3) is 5.91 Å². The predicted octanol–water partition coefficient (Wildman–Crippen LogP) is 4.01. The number of hydrogen-bond donors (Lipinski definition) is 1. The van der Waals surface area contributed by atoms with Crippen molar-refractivity contribution in [2.45, 2.75) is 45.2 Å². The van der Waals surface area contributed by atoms with E-state index in [9.17, 15) is 9.59 Å². The lowest BCUT2D eigenvalue weighted by atomic mass is 9.99. The van der Waals surface area contributed by atoms with Gasteiger partial charge in [-0.2, -0.15) is 0 Å². The van der Waals surface area contributed by atoms with Crippen LogP contribution in [-0.4, -0.2) is 33.2 Å². The number of rotatable bonds is 6. The van der Waals surface area contributed by atoms with Crippen molar-refractivity contribution in [3.05, 3.63) is 95.1 Å². The van der Waals surface area contributed by atoms with Gasteiger partial charge in [0.15, 0.2) is 5.82 Å². The van der Waals surface area contributed by atoms with E-state index >= 15 is 0 Å². The molecule has 164 valence electrons. The number of piperidine rings is 1. The highest BCUT2D eigenvalue weighted by Crippen LogP contribution is 2.29. The Balaban J connectivity index is 1.46. The van der Waals surface area contributed by atoms with Crippen molar-refractivity contribution in [1.29, 1.82) is 0 Å². The van der Waals surface area contributed by atoms with E-state index in [1.807, 2.05) is 72.5 Å². The standard InChI is InChI=1S/C26H28N4O2/c1-19-22(26(32)28-17-21-12-6-3-7-13-21)18-27-25(29-19)23-14-8-9-15-30(23)24(31)16-20-10-4-2-5-11-20/h2-7,10-13,18,23H,8-9,14-17H2,1H3,(H,28,32)/t23-/m0/s1. The Labute approximate surface area is 188 Å². The molecule has 0 unspecified atom stereocenters. The van der Waals surface area contributed by atoms with Crippen molar-refractivity contribution >= 4 is 11.8 Å². The van der Waals surface area contributed by atoms with Crippen LogP contribution >= 0.6 is 0 Å². The number of benzene rings is 2. The van der Waals surface area contributed by atoms with Crippen LogP contribution in [0.25, 0.3) is 0 Å². The molecule has 6 nitrogen and oxygen atoms in total. The van der Waals surface area contributed by atoms with Gasteiger partial charge in [-0.25, -0.2) is 9.97 Å². The summed E-state index contributed by atoms with van der Waals surface area (Å²) < 4.78 is 0. The number of nitrogens with one attached hydrogen (secondary N) is 1. The van der Waals surface area contributed by atoms with Gasteiger partial charge in [0, 0.05) is 19.3 Å². The van der Waals surface area contributed by atoms with Gasteiger partial charge in [0.1, 0.15) is 0 Å². The minimum absolute atomic E-state index is 0.0897. The number of nitrogens with zero attached hydrogens (tertiary/aromatic N) is 3. The molecule has 6 heteroatoms. The molecule has 0 spiro atoms. The number of amides is 2. The highest BCUT2D eigenvalue weighted by atomic mass is 16.2. The second-order valence-electron chi connectivity index (χ2n) is 8.16. The largest absolute Gasteiger partial charge is 0.348 e. The molecule has 1 aliphatic rings. The first-order chi connectivity index (χ1) is 15.6. The van der Waals surface area contributed by atoms with Crippen LogP contribution in [0.1, 0.15) is 58.3 Å². The molecule has 1 fully saturated rings. The van der Waals surface area contributed by atoms with E-state index in [4.69, 9.17) is 0 Å². The van der Waals surface area contributed by atoms with Crippen LogP contribution in [-0.2, 0) is 17.8 Å². The van der Waals surface area contributed by atoms with Crippen LogP contribution in [0.3, 0.4) is 0 Å². The molecule has 1 N–H and O–H groups in total. The summed E-state index contributed by atoms with van der Waals surface area (Å²) in [6, 6.07) is 19.4. The van der Waals surface area contributed by atoms with Crippen molar-refractivity contribution in [2.24, 2.45) is 0 Å². The van der Waals surface area contributed by atoms with Crippen molar-refractivity contribution < 1.29 is 9.59 Å². The SMILES string of the molecule is Cc1nc([C@@H]2CCCCN2C(=O)Cc2ccccc2)ncc1C(=O)NCc1ccccc1. The number of aryl methyl sites for hydroxylation is 1. The summed E-state index contributed by atoms with van der Waals surface area (Å²) in [5.74, 6) is 0.508. The van der Waals surface area contributed by atoms with Crippen molar-refractivity contribution in [3.8, 4) is 0 Å². The third-order valence-electron chi connectivity index (χ3n) is 5.86. The summed E-state index contributed by atoms with van der Waals surface area (Å²) in [6.07, 6.45) is 4.81. The van der Waals surface area contributed by atoms with Gasteiger partial charge in [0.2, 0.25) is 5.91 Å². The van der Waals surface area contributed by atoms with E-state index in [2.05, 4.69) is 15.3 Å². The lowest BCUT2D eigenvalue weighted by molar-refractivity contribution is -0.134. The van der Waals surface area contributed by atoms with Gasteiger partial charge >= 0.3 is 0 Å². The molecule has 2 amide bonds. The molecule has 3 aromatic rings. The van der Waals surface area contributed by atoms with E-state index < -0.39 is 0 Å². The Bertz CT molecular complexity index is 1070. The second kappa shape index (κ2) is 10.2. The van der Waals surface area contributed by atoms with Crippen molar-refractivity contribution in [3.63, 3.8) is 0 Å². The Morgan fingerprint density at radius 2 is 1.69 bits per heavy atom. The summed E-state index contributed by atoms with van der Waals surface area (Å²) in [4.78, 5) is 36.7. The second-order valence-corrected chi connectivity index (χ2v) is 8.16. The maximum atomic E-state index is 13.0. The Kier molecular flexibility index (Phi) is 6.90. The van der Waals surface area contributed by atoms with Crippen LogP contribution in [0.15, 0.2) is 66.9 Å². The van der Waals surface area contributed by atoms with Gasteiger partial charge in [-0.05, 0) is 37.3 Å². The van der Waals surface area contributed by atoms with E-state index in [0.717, 1.165) is 30.4 Å². The molecule has 2 heterocycles. The monoisotopic (exact) mass is 428 g/mol. The number of carbonyl (C=O) groups is 2. The minimum atomic E-state index is -0.196. The van der Waals surface area contributed by atoms with Gasteiger partial charge in [0.05, 0.1) is 23.7 Å². The predicted molar refractivity (Wildman–Crippen MR) is 123 cm³/mol. The number of aromatic nitrogens is 2. The molecule has 0 saturated carbocycles. The van der Waals surface area contributed by atoms with Crippen LogP contribution in [0.2, 0.25) is 0 Å². The summed E-state index contributed by atoms with van der Waals surface area (Å²) in [5, 5.41) is 2.93. The van der Waals surface area contributed by atoms with Crippen molar-refractivity contribution in [1.82, 2.24) is 20.2 Å². The molecule has 1 aromatic heterocycles. The summed E-state index contributed by atoms with van der Waals surface area (Å²) in [6.45, 7) is 2.98. The third kappa shape index (κ3) is 5.19. The molecule has 0 radical (unpaired) electrons. The van der Waals surface area contributed by atoms with E-state index in [1.54, 1.807) is 6.20 Å². The number of hydrogen-bond acceptors (Lipinski definition) is 4. The molecule has 1 atom stereocenters. The number of likely N-dealkylation sites (tertiary alicyclic amines) is 1. The molecule has 0 bridgehead atoms. The van der Waals surface area contributed by atoms with Crippen LogP contribution < -0.4 is 5.32 Å². The molecular formula is C26H28N4O2. The maximum Gasteiger partial charge on any atom is 0.254 e. The zero-order valence-corrected chi connectivity index (χ0v) is 18.3. The topological polar surface area (TPSA) is 75.2 Å². The van der Waals surface area contributed by atoms with Crippen LogP contribution in [0.4, 0.5) is 0 Å². The normalized spacial score (nSPS) is 15.9. The first kappa shape index (κ1) is 21.7. The fourth-order valence-electron chi connectivity index (χ4n) is 4.11. The van der Waals surface area contributed by atoms with Crippen molar-refractivity contribution in [2.75, 3.05) is 6.54 Å². The highest BCUT2D eigenvalue weighted by Gasteiger charge is 2.30. The molecule has 1 saturated heterocycles. The lowest BCUT2D eigenvalue weighted by Crippen LogP contribution is -2.40. The fourth-order valence-corrected chi connectivity index (χ4v) is 4.11. The van der Waals surface area contributed by atoms with E-state index in [1.165, 1.54) is 0 Å². The smallest absolute Gasteiger partial charge is 0.254 e. The first-order valence-electron chi connectivity index (χ1n) is 11.1. The lowest BCUT2D eigenvalue weighted by Gasteiger charge is -2.35. The van der Waals surface area contributed by atoms with Gasteiger partial charge in [-0.1, -0.05) is 60.7 Å². The number of carbonyl (C=O) groups excluding carboxylic acids is 2. The summed E-state index contributed by atoms with van der Waals surface area (Å²) >= 11 is 0. The Morgan fingerprint density at radius 1 is 1.00 bits per heavy atom. The Hall–Kier alpha value is -3.54. The van der Waals surface area contributed by atoms with Gasteiger partial charge < -0.3 is 10.2 Å². The highest BCUT2D eigenvalue weighted by molar-refractivity contribution is 5.94. The van der Waals surface area contributed by atoms with E-state index in [0.29, 0.717) is 36.6 Å². The summed E-state index contributed by atoms with van der Waals surface area (Å²) in [7, 11) is 0. The molecular weight excluding hydrogens is 400 g/mol. The molecule has 32 heavy (non-hydrogen) atoms. The van der Waals surface area contributed by atoms with Crippen LogP contribution in [0.5, 0.6) is 0 Å². The minimum Gasteiger partial charge on any atom is -0.348 e. The molecule has 2 aromatic carbocycles. The quantitative estimate of drug-likeness (QED) is 0.644. The molecule has 1 aliphatic heterocycles. The molecule has 0 aliphatic carbocycles. The van der Waals surface area contributed by atoms with Crippen LogP contribution in [0, 0.1) is 6.92 Å².